The van der Waals surface area contributed by atoms with Crippen molar-refractivity contribution in [2.24, 2.45) is 0 Å². The van der Waals surface area contributed by atoms with Crippen LogP contribution in [0.2, 0.25) is 0 Å². The summed E-state index contributed by atoms with van der Waals surface area (Å²) >= 11 is 0. The van der Waals surface area contributed by atoms with E-state index in [2.05, 4.69) is 5.32 Å². The molecule has 3 N–H and O–H groups in total. The molecule has 5 nitrogen and oxygen atoms in total. The molecule has 0 heterocycles. The Bertz CT molecular complexity index is 842. The fraction of sp³-hybridized carbons (Fsp3) is 0.0714. The molecule has 0 aliphatic carbocycles. The van der Waals surface area contributed by atoms with E-state index in [-0.39, 0.29) is 16.1 Å². The lowest BCUT2D eigenvalue weighted by molar-refractivity contribution is 0.602. The van der Waals surface area contributed by atoms with E-state index in [1.54, 1.807) is 6.07 Å². The second-order valence-electron chi connectivity index (χ2n) is 4.42. The second-order valence-corrected chi connectivity index (χ2v) is 6.40. The molecule has 0 radical (unpaired) electrons. The predicted molar refractivity (Wildman–Crippen MR) is 78.4 cm³/mol. The van der Waals surface area contributed by atoms with Crippen LogP contribution in [0.1, 0.15) is 5.56 Å². The minimum atomic E-state index is -3.46. The van der Waals surface area contributed by atoms with Gasteiger partial charge in [-0.15, -0.1) is 0 Å². The van der Waals surface area contributed by atoms with Crippen molar-refractivity contribution in [1.29, 1.82) is 5.26 Å². The molecule has 0 unspecified atom stereocenters. The number of benzene rings is 2. The number of nitrogen functional groups attached to an aromatic ring is 1. The number of hydrogen-bond donors (Lipinski definition) is 2. The highest BCUT2D eigenvalue weighted by atomic mass is 32.2. The van der Waals surface area contributed by atoms with E-state index in [4.69, 9.17) is 11.0 Å². The van der Waals surface area contributed by atoms with E-state index in [0.717, 1.165) is 12.3 Å². The molecule has 7 heteroatoms. The first-order chi connectivity index (χ1) is 9.82. The predicted octanol–water partition coefficient (Wildman–Crippen LogP) is 2.43. The number of hydrogen-bond acceptors (Lipinski definition) is 5. The van der Waals surface area contributed by atoms with Crippen LogP contribution in [0.15, 0.2) is 41.3 Å². The number of halogens is 1. The number of nitrogens with two attached hydrogens (primary N) is 1. The Hall–Kier alpha value is -2.59. The molecule has 2 rings (SSSR count). The first kappa shape index (κ1) is 14.8. The van der Waals surface area contributed by atoms with E-state index in [9.17, 15) is 12.8 Å². The summed E-state index contributed by atoms with van der Waals surface area (Å²) in [7, 11) is -3.46. The number of sulfone groups is 1. The summed E-state index contributed by atoms with van der Waals surface area (Å²) in [4.78, 5) is -0.00637. The zero-order valence-corrected chi connectivity index (χ0v) is 11.9. The molecule has 0 spiro atoms. The zero-order chi connectivity index (χ0) is 15.6. The van der Waals surface area contributed by atoms with Crippen LogP contribution >= 0.6 is 0 Å². The SMILES string of the molecule is CS(=O)(=O)c1cccc(Nc2ccc(F)cc2C#N)c1N. The van der Waals surface area contributed by atoms with Gasteiger partial charge in [-0.2, -0.15) is 5.26 Å². The van der Waals surface area contributed by atoms with Gasteiger partial charge in [0, 0.05) is 6.26 Å². The fourth-order valence-corrected chi connectivity index (χ4v) is 2.67. The molecular formula is C14H12FN3O2S. The normalized spacial score (nSPS) is 10.9. The molecule has 21 heavy (non-hydrogen) atoms. The quantitative estimate of drug-likeness (QED) is 0.849. The van der Waals surface area contributed by atoms with Crippen LogP contribution in [0.25, 0.3) is 0 Å². The van der Waals surface area contributed by atoms with Crippen molar-refractivity contribution in [2.75, 3.05) is 17.3 Å². The van der Waals surface area contributed by atoms with Gasteiger partial charge in [-0.3, -0.25) is 0 Å². The molecule has 0 aromatic heterocycles. The van der Waals surface area contributed by atoms with Crippen molar-refractivity contribution in [3.05, 3.63) is 47.8 Å². The lowest BCUT2D eigenvalue weighted by Crippen LogP contribution is -2.05. The van der Waals surface area contributed by atoms with E-state index in [1.807, 2.05) is 6.07 Å². The van der Waals surface area contributed by atoms with Crippen LogP contribution in [0.4, 0.5) is 21.5 Å². The van der Waals surface area contributed by atoms with Gasteiger partial charge in [0.25, 0.3) is 0 Å². The zero-order valence-electron chi connectivity index (χ0n) is 11.1. The summed E-state index contributed by atoms with van der Waals surface area (Å²) in [6, 6.07) is 10.0. The van der Waals surface area contributed by atoms with Crippen molar-refractivity contribution in [1.82, 2.24) is 0 Å². The topological polar surface area (TPSA) is 96.0 Å². The molecule has 2 aromatic rings. The Balaban J connectivity index is 2.49. The minimum Gasteiger partial charge on any atom is -0.396 e. The standard InChI is InChI=1S/C14H12FN3O2S/c1-21(19,20)13-4-2-3-12(14(13)17)18-11-6-5-10(15)7-9(11)8-16/h2-7,18H,17H2,1H3. The molecule has 0 aliphatic rings. The number of para-hydroxylation sites is 1. The Morgan fingerprint density at radius 3 is 2.57 bits per heavy atom. The van der Waals surface area contributed by atoms with Crippen LogP contribution in [0.3, 0.4) is 0 Å². The van der Waals surface area contributed by atoms with Crippen LogP contribution in [0.5, 0.6) is 0 Å². The van der Waals surface area contributed by atoms with E-state index in [1.165, 1.54) is 24.3 Å². The molecule has 0 bridgehead atoms. The Morgan fingerprint density at radius 2 is 1.95 bits per heavy atom. The number of nitriles is 1. The van der Waals surface area contributed by atoms with Crippen molar-refractivity contribution < 1.29 is 12.8 Å². The lowest BCUT2D eigenvalue weighted by atomic mass is 10.1. The third-order valence-electron chi connectivity index (χ3n) is 2.84. The highest BCUT2D eigenvalue weighted by Gasteiger charge is 2.15. The average Bonchev–Trinajstić information content (AvgIpc) is 2.41. The lowest BCUT2D eigenvalue weighted by Gasteiger charge is -2.13. The summed E-state index contributed by atoms with van der Waals surface area (Å²) in [6.07, 6.45) is 1.06. The highest BCUT2D eigenvalue weighted by molar-refractivity contribution is 7.90. The van der Waals surface area contributed by atoms with Gasteiger partial charge in [0.2, 0.25) is 0 Å². The van der Waals surface area contributed by atoms with Crippen LogP contribution in [0, 0.1) is 17.1 Å². The van der Waals surface area contributed by atoms with Crippen molar-refractivity contribution in [2.45, 2.75) is 4.90 Å². The largest absolute Gasteiger partial charge is 0.396 e. The van der Waals surface area contributed by atoms with Crippen LogP contribution in [-0.4, -0.2) is 14.7 Å². The maximum atomic E-state index is 13.1. The van der Waals surface area contributed by atoms with Gasteiger partial charge in [0.1, 0.15) is 11.9 Å². The summed E-state index contributed by atoms with van der Waals surface area (Å²) in [5, 5.41) is 11.8. The molecule has 0 amide bonds. The van der Waals surface area contributed by atoms with Gasteiger partial charge in [0.05, 0.1) is 27.5 Å². The summed E-state index contributed by atoms with van der Waals surface area (Å²) in [5.41, 5.74) is 6.66. The van der Waals surface area contributed by atoms with Crippen LogP contribution in [-0.2, 0) is 9.84 Å². The summed E-state index contributed by atoms with van der Waals surface area (Å²) < 4.78 is 36.3. The smallest absolute Gasteiger partial charge is 0.177 e. The first-order valence-electron chi connectivity index (χ1n) is 5.88. The molecule has 0 aliphatic heterocycles. The van der Waals surface area contributed by atoms with Crippen molar-refractivity contribution in [3.63, 3.8) is 0 Å². The molecule has 0 atom stereocenters. The third kappa shape index (κ3) is 3.12. The number of rotatable bonds is 3. The van der Waals surface area contributed by atoms with E-state index >= 15 is 0 Å². The number of nitrogens with one attached hydrogen (secondary N) is 1. The first-order valence-corrected chi connectivity index (χ1v) is 7.77. The Morgan fingerprint density at radius 1 is 1.24 bits per heavy atom. The number of anilines is 3. The second kappa shape index (κ2) is 5.42. The van der Waals surface area contributed by atoms with Gasteiger partial charge in [-0.05, 0) is 30.3 Å². The highest BCUT2D eigenvalue weighted by Crippen LogP contribution is 2.30. The van der Waals surface area contributed by atoms with Gasteiger partial charge < -0.3 is 11.1 Å². The number of nitrogens with zero attached hydrogens (tertiary/aromatic N) is 1. The third-order valence-corrected chi connectivity index (χ3v) is 3.99. The van der Waals surface area contributed by atoms with Gasteiger partial charge >= 0.3 is 0 Å². The Kier molecular flexibility index (Phi) is 3.82. The monoisotopic (exact) mass is 305 g/mol. The fourth-order valence-electron chi connectivity index (χ4n) is 1.84. The minimum absolute atomic E-state index is 0.00637. The average molecular weight is 305 g/mol. The molecule has 0 fully saturated rings. The van der Waals surface area contributed by atoms with Crippen molar-refractivity contribution >= 4 is 26.9 Å². The maximum absolute atomic E-state index is 13.1. The molecule has 2 aromatic carbocycles. The summed E-state index contributed by atoms with van der Waals surface area (Å²) in [5.74, 6) is -0.532. The van der Waals surface area contributed by atoms with E-state index in [0.29, 0.717) is 11.4 Å². The summed E-state index contributed by atoms with van der Waals surface area (Å²) in [6.45, 7) is 0. The maximum Gasteiger partial charge on any atom is 0.177 e. The molecular weight excluding hydrogens is 293 g/mol. The Labute approximate surface area is 121 Å². The van der Waals surface area contributed by atoms with Gasteiger partial charge in [0.15, 0.2) is 9.84 Å². The molecule has 108 valence electrons. The van der Waals surface area contributed by atoms with Gasteiger partial charge in [-0.1, -0.05) is 6.07 Å². The molecule has 0 saturated heterocycles. The molecule has 0 saturated carbocycles. The van der Waals surface area contributed by atoms with E-state index < -0.39 is 15.7 Å². The van der Waals surface area contributed by atoms with Crippen LogP contribution < -0.4 is 11.1 Å². The van der Waals surface area contributed by atoms with Gasteiger partial charge in [-0.25, -0.2) is 12.8 Å². The van der Waals surface area contributed by atoms with Crippen molar-refractivity contribution in [3.8, 4) is 6.07 Å².